The molecule has 4 nitrogen and oxygen atoms in total. The molecule has 0 aromatic heterocycles. The number of carbonyl (C=O) groups excluding carboxylic acids is 1. The number of para-hydroxylation sites is 1. The molecule has 0 radical (unpaired) electrons. The zero-order chi connectivity index (χ0) is 13.8. The van der Waals surface area contributed by atoms with E-state index in [0.29, 0.717) is 12.1 Å². The number of aromatic hydroxyl groups is 1. The van der Waals surface area contributed by atoms with Crippen molar-refractivity contribution in [1.29, 1.82) is 0 Å². The molecule has 1 unspecified atom stereocenters. The highest BCUT2D eigenvalue weighted by atomic mass is 16.3. The van der Waals surface area contributed by atoms with Gasteiger partial charge in [-0.25, -0.2) is 0 Å². The van der Waals surface area contributed by atoms with Crippen molar-refractivity contribution in [3.63, 3.8) is 0 Å². The van der Waals surface area contributed by atoms with Crippen LogP contribution in [0, 0.1) is 5.41 Å². The standard InChI is InChI=1S/C14H22N2O2/c1-14(2,3)12(15)8-13(18)16-9-10-6-4-5-7-11(10)17/h4-7,12,17H,8-9,15H2,1-3H3,(H,16,18). The van der Waals surface area contributed by atoms with Crippen molar-refractivity contribution in [1.82, 2.24) is 5.32 Å². The van der Waals surface area contributed by atoms with Crippen molar-refractivity contribution in [2.75, 3.05) is 0 Å². The molecule has 0 spiro atoms. The van der Waals surface area contributed by atoms with Crippen molar-refractivity contribution in [3.05, 3.63) is 29.8 Å². The van der Waals surface area contributed by atoms with Crippen LogP contribution >= 0.6 is 0 Å². The molecular weight excluding hydrogens is 228 g/mol. The zero-order valence-electron chi connectivity index (χ0n) is 11.2. The largest absolute Gasteiger partial charge is 0.508 e. The van der Waals surface area contributed by atoms with E-state index in [0.717, 1.165) is 0 Å². The van der Waals surface area contributed by atoms with Crippen LogP contribution in [0.5, 0.6) is 5.75 Å². The second-order valence-electron chi connectivity index (χ2n) is 5.58. The van der Waals surface area contributed by atoms with Crippen LogP contribution in [0.1, 0.15) is 32.8 Å². The molecule has 0 aliphatic heterocycles. The Morgan fingerprint density at radius 3 is 2.56 bits per heavy atom. The number of carbonyl (C=O) groups is 1. The highest BCUT2D eigenvalue weighted by Gasteiger charge is 2.22. The Balaban J connectivity index is 2.45. The summed E-state index contributed by atoms with van der Waals surface area (Å²) in [6, 6.07) is 6.77. The highest BCUT2D eigenvalue weighted by molar-refractivity contribution is 5.76. The van der Waals surface area contributed by atoms with Gasteiger partial charge in [0.15, 0.2) is 0 Å². The lowest BCUT2D eigenvalue weighted by atomic mass is 9.85. The average Bonchev–Trinajstić information content (AvgIpc) is 2.26. The van der Waals surface area contributed by atoms with Crippen molar-refractivity contribution in [3.8, 4) is 5.75 Å². The normalized spacial score (nSPS) is 13.1. The molecular formula is C14H22N2O2. The van der Waals surface area contributed by atoms with Crippen LogP contribution in [0.2, 0.25) is 0 Å². The first-order valence-corrected chi connectivity index (χ1v) is 6.10. The minimum atomic E-state index is -0.179. The van der Waals surface area contributed by atoms with E-state index in [2.05, 4.69) is 5.32 Å². The van der Waals surface area contributed by atoms with E-state index in [9.17, 15) is 9.90 Å². The van der Waals surface area contributed by atoms with Gasteiger partial charge in [-0.3, -0.25) is 4.79 Å². The SMILES string of the molecule is CC(C)(C)C(N)CC(=O)NCc1ccccc1O. The first kappa shape index (κ1) is 14.5. The van der Waals surface area contributed by atoms with Crippen LogP contribution in [0.3, 0.4) is 0 Å². The molecule has 0 aliphatic carbocycles. The number of amides is 1. The molecule has 1 aromatic rings. The predicted molar refractivity (Wildman–Crippen MR) is 72.0 cm³/mol. The van der Waals surface area contributed by atoms with E-state index in [-0.39, 0.29) is 29.5 Å². The minimum Gasteiger partial charge on any atom is -0.508 e. The molecule has 0 fully saturated rings. The van der Waals surface area contributed by atoms with Gasteiger partial charge in [0.25, 0.3) is 0 Å². The Morgan fingerprint density at radius 2 is 2.00 bits per heavy atom. The number of rotatable bonds is 4. The Morgan fingerprint density at radius 1 is 1.39 bits per heavy atom. The monoisotopic (exact) mass is 250 g/mol. The average molecular weight is 250 g/mol. The number of hydrogen-bond donors (Lipinski definition) is 3. The van der Waals surface area contributed by atoms with Crippen LogP contribution in [-0.2, 0) is 11.3 Å². The summed E-state index contributed by atoms with van der Waals surface area (Å²) < 4.78 is 0. The first-order valence-electron chi connectivity index (χ1n) is 6.10. The van der Waals surface area contributed by atoms with Gasteiger partial charge in [0, 0.05) is 24.6 Å². The number of nitrogens with one attached hydrogen (secondary N) is 1. The molecule has 0 aliphatic rings. The van der Waals surface area contributed by atoms with Gasteiger partial charge in [-0.2, -0.15) is 0 Å². The van der Waals surface area contributed by atoms with Crippen LogP contribution in [-0.4, -0.2) is 17.1 Å². The minimum absolute atomic E-state index is 0.0910. The predicted octanol–water partition coefficient (Wildman–Crippen LogP) is 1.77. The van der Waals surface area contributed by atoms with Gasteiger partial charge in [0.1, 0.15) is 5.75 Å². The summed E-state index contributed by atoms with van der Waals surface area (Å²) in [6.45, 7) is 6.35. The van der Waals surface area contributed by atoms with Gasteiger partial charge in [-0.15, -0.1) is 0 Å². The Labute approximate surface area is 108 Å². The van der Waals surface area contributed by atoms with Gasteiger partial charge >= 0.3 is 0 Å². The van der Waals surface area contributed by atoms with E-state index in [4.69, 9.17) is 5.73 Å². The maximum absolute atomic E-state index is 11.7. The van der Waals surface area contributed by atoms with Crippen molar-refractivity contribution >= 4 is 5.91 Å². The Hall–Kier alpha value is -1.55. The molecule has 0 heterocycles. The molecule has 1 aromatic carbocycles. The number of hydrogen-bond acceptors (Lipinski definition) is 3. The summed E-state index contributed by atoms with van der Waals surface area (Å²) in [5.74, 6) is 0.0959. The van der Waals surface area contributed by atoms with Crippen LogP contribution in [0.4, 0.5) is 0 Å². The van der Waals surface area contributed by atoms with Crippen molar-refractivity contribution in [2.24, 2.45) is 11.1 Å². The molecule has 0 saturated carbocycles. The summed E-state index contributed by atoms with van der Waals surface area (Å²) in [6.07, 6.45) is 0.289. The molecule has 4 N–H and O–H groups in total. The molecule has 1 atom stereocenters. The maximum Gasteiger partial charge on any atom is 0.221 e. The molecule has 100 valence electrons. The summed E-state index contributed by atoms with van der Waals surface area (Å²) in [5.41, 5.74) is 6.55. The van der Waals surface area contributed by atoms with E-state index in [1.165, 1.54) is 0 Å². The van der Waals surface area contributed by atoms with Crippen molar-refractivity contribution in [2.45, 2.75) is 39.8 Å². The third-order valence-electron chi connectivity index (χ3n) is 2.99. The fraction of sp³-hybridized carbons (Fsp3) is 0.500. The van der Waals surface area contributed by atoms with Gasteiger partial charge in [-0.1, -0.05) is 39.0 Å². The third kappa shape index (κ3) is 4.37. The Kier molecular flexibility index (Phi) is 4.73. The summed E-state index contributed by atoms with van der Waals surface area (Å²) in [5, 5.41) is 12.3. The summed E-state index contributed by atoms with van der Waals surface area (Å²) in [4.78, 5) is 11.7. The van der Waals surface area contributed by atoms with E-state index in [1.54, 1.807) is 18.2 Å². The van der Waals surface area contributed by atoms with Crippen LogP contribution < -0.4 is 11.1 Å². The van der Waals surface area contributed by atoms with Crippen LogP contribution in [0.15, 0.2) is 24.3 Å². The molecule has 1 rings (SSSR count). The number of phenolic OH excluding ortho intramolecular Hbond substituents is 1. The zero-order valence-corrected chi connectivity index (χ0v) is 11.2. The molecule has 4 heteroatoms. The number of benzene rings is 1. The lowest BCUT2D eigenvalue weighted by Crippen LogP contribution is -2.40. The lowest BCUT2D eigenvalue weighted by molar-refractivity contribution is -0.122. The molecule has 1 amide bonds. The highest BCUT2D eigenvalue weighted by Crippen LogP contribution is 2.20. The smallest absolute Gasteiger partial charge is 0.221 e. The van der Waals surface area contributed by atoms with E-state index < -0.39 is 0 Å². The summed E-state index contributed by atoms with van der Waals surface area (Å²) >= 11 is 0. The third-order valence-corrected chi connectivity index (χ3v) is 2.99. The lowest BCUT2D eigenvalue weighted by Gasteiger charge is -2.26. The first-order chi connectivity index (χ1) is 8.30. The molecule has 18 heavy (non-hydrogen) atoms. The van der Waals surface area contributed by atoms with Gasteiger partial charge in [-0.05, 0) is 11.5 Å². The fourth-order valence-electron chi connectivity index (χ4n) is 1.43. The van der Waals surface area contributed by atoms with Gasteiger partial charge in [0.2, 0.25) is 5.91 Å². The van der Waals surface area contributed by atoms with Crippen molar-refractivity contribution < 1.29 is 9.90 Å². The molecule has 0 saturated heterocycles. The topological polar surface area (TPSA) is 75.4 Å². The second-order valence-corrected chi connectivity index (χ2v) is 5.58. The fourth-order valence-corrected chi connectivity index (χ4v) is 1.43. The maximum atomic E-state index is 11.7. The number of phenols is 1. The van der Waals surface area contributed by atoms with E-state index in [1.807, 2.05) is 26.8 Å². The van der Waals surface area contributed by atoms with E-state index >= 15 is 0 Å². The van der Waals surface area contributed by atoms with Crippen LogP contribution in [0.25, 0.3) is 0 Å². The number of nitrogens with two attached hydrogens (primary N) is 1. The Bertz CT molecular complexity index is 411. The quantitative estimate of drug-likeness (QED) is 0.762. The van der Waals surface area contributed by atoms with Gasteiger partial charge in [0.05, 0.1) is 0 Å². The van der Waals surface area contributed by atoms with Gasteiger partial charge < -0.3 is 16.2 Å². The summed E-state index contributed by atoms with van der Waals surface area (Å²) in [7, 11) is 0. The molecule has 0 bridgehead atoms. The second kappa shape index (κ2) is 5.87.